The van der Waals surface area contributed by atoms with E-state index in [1.807, 2.05) is 20.8 Å². The molecule has 82 valence electrons. The fourth-order valence-electron chi connectivity index (χ4n) is 1.08. The van der Waals surface area contributed by atoms with Gasteiger partial charge in [0.1, 0.15) is 0 Å². The van der Waals surface area contributed by atoms with Gasteiger partial charge in [-0.15, -0.1) is 11.3 Å². The first-order valence-corrected chi connectivity index (χ1v) is 5.33. The Morgan fingerprint density at radius 3 is 2.53 bits per heavy atom. The van der Waals surface area contributed by atoms with Crippen molar-refractivity contribution in [3.05, 3.63) is 17.2 Å². The summed E-state index contributed by atoms with van der Waals surface area (Å²) in [5.74, 6) is -1.23. The lowest BCUT2D eigenvalue weighted by atomic mass is 9.93. The molecule has 5 heteroatoms. The van der Waals surface area contributed by atoms with Crippen LogP contribution in [0.1, 0.15) is 26.5 Å². The second-order valence-corrected chi connectivity index (χ2v) is 5.17. The van der Waals surface area contributed by atoms with E-state index >= 15 is 0 Å². The Morgan fingerprint density at radius 2 is 2.20 bits per heavy atom. The van der Waals surface area contributed by atoms with Gasteiger partial charge in [0.15, 0.2) is 5.13 Å². The zero-order chi connectivity index (χ0) is 11.6. The smallest absolute Gasteiger partial charge is 0.180 e. The van der Waals surface area contributed by atoms with Crippen LogP contribution < -0.4 is 10.8 Å². The maximum atomic E-state index is 10.9. The van der Waals surface area contributed by atoms with Gasteiger partial charge in [0, 0.05) is 11.0 Å². The number of thiazole rings is 1. The summed E-state index contributed by atoms with van der Waals surface area (Å²) in [7, 11) is 0. The lowest BCUT2D eigenvalue weighted by Crippen LogP contribution is -2.25. The minimum Gasteiger partial charge on any atom is -0.545 e. The summed E-state index contributed by atoms with van der Waals surface area (Å²) in [6.07, 6.45) is 1.62. The number of carboxylic acids is 1. The maximum Gasteiger partial charge on any atom is 0.180 e. The van der Waals surface area contributed by atoms with Crippen molar-refractivity contribution in [3.63, 3.8) is 0 Å². The van der Waals surface area contributed by atoms with Crippen LogP contribution in [0.2, 0.25) is 0 Å². The number of rotatable bonds is 2. The molecule has 0 spiro atoms. The number of nitrogens with zero attached hydrogens (tertiary/aromatic N) is 1. The fourth-order valence-corrected chi connectivity index (χ4v) is 1.64. The average molecular weight is 225 g/mol. The van der Waals surface area contributed by atoms with Crippen molar-refractivity contribution in [1.82, 2.24) is 4.98 Å². The molecule has 0 aliphatic rings. The molecule has 0 atom stereocenters. The molecular formula is C10H13N2O2S-. The molecule has 1 aromatic rings. The van der Waals surface area contributed by atoms with Crippen molar-refractivity contribution in [2.45, 2.75) is 20.8 Å². The Labute approximate surface area is 92.5 Å². The Kier molecular flexibility index (Phi) is 3.14. The lowest BCUT2D eigenvalue weighted by Gasteiger charge is -2.15. The van der Waals surface area contributed by atoms with E-state index in [0.717, 1.165) is 0 Å². The van der Waals surface area contributed by atoms with Crippen LogP contribution in [0.5, 0.6) is 0 Å². The van der Waals surface area contributed by atoms with Gasteiger partial charge in [0.25, 0.3) is 0 Å². The van der Waals surface area contributed by atoms with Crippen molar-refractivity contribution < 1.29 is 9.90 Å². The fraction of sp³-hybridized carbons (Fsp3) is 0.400. The summed E-state index contributed by atoms with van der Waals surface area (Å²) in [5.41, 5.74) is 5.67. The van der Waals surface area contributed by atoms with Crippen LogP contribution in [0, 0.1) is 5.41 Å². The predicted molar refractivity (Wildman–Crippen MR) is 59.0 cm³/mol. The first-order chi connectivity index (χ1) is 6.79. The largest absolute Gasteiger partial charge is 0.545 e. The van der Waals surface area contributed by atoms with Gasteiger partial charge in [0.2, 0.25) is 0 Å². The summed E-state index contributed by atoms with van der Waals surface area (Å²) < 4.78 is 0. The number of carboxylic acid groups (broad SMARTS) is 1. The number of allylic oxidation sites excluding steroid dienone is 1. The molecule has 0 saturated carbocycles. The van der Waals surface area contributed by atoms with Gasteiger partial charge in [-0.3, -0.25) is 0 Å². The van der Waals surface area contributed by atoms with E-state index < -0.39 is 5.97 Å². The molecule has 1 aromatic heterocycles. The molecule has 0 saturated heterocycles. The van der Waals surface area contributed by atoms with E-state index in [-0.39, 0.29) is 11.0 Å². The number of aromatic nitrogens is 1. The van der Waals surface area contributed by atoms with Crippen molar-refractivity contribution in [2.75, 3.05) is 5.73 Å². The highest BCUT2D eigenvalue weighted by Gasteiger charge is 2.13. The maximum absolute atomic E-state index is 10.9. The molecule has 1 rings (SSSR count). The summed E-state index contributed by atoms with van der Waals surface area (Å²) in [6, 6.07) is 0. The topological polar surface area (TPSA) is 79.0 Å². The van der Waals surface area contributed by atoms with Crippen molar-refractivity contribution in [1.29, 1.82) is 0 Å². The van der Waals surface area contributed by atoms with Crippen LogP contribution >= 0.6 is 11.3 Å². The lowest BCUT2D eigenvalue weighted by molar-refractivity contribution is -0.295. The first kappa shape index (κ1) is 11.7. The van der Waals surface area contributed by atoms with Crippen LogP contribution in [0.4, 0.5) is 5.13 Å². The number of nitrogen functional groups attached to an aromatic ring is 1. The molecule has 1 heterocycles. The molecule has 2 N–H and O–H groups in total. The molecule has 0 radical (unpaired) electrons. The highest BCUT2D eigenvalue weighted by Crippen LogP contribution is 2.25. The first-order valence-electron chi connectivity index (χ1n) is 4.45. The van der Waals surface area contributed by atoms with Gasteiger partial charge in [-0.25, -0.2) is 4.98 Å². The average Bonchev–Trinajstić information content (AvgIpc) is 2.45. The molecule has 0 aliphatic carbocycles. The molecule has 0 amide bonds. The Hall–Kier alpha value is -1.36. The Balaban J connectivity index is 3.15. The second-order valence-electron chi connectivity index (χ2n) is 4.28. The van der Waals surface area contributed by atoms with Gasteiger partial charge >= 0.3 is 0 Å². The summed E-state index contributed by atoms with van der Waals surface area (Å²) in [5, 5.41) is 12.9. The van der Waals surface area contributed by atoms with E-state index in [9.17, 15) is 9.90 Å². The summed E-state index contributed by atoms with van der Waals surface area (Å²) >= 11 is 1.21. The van der Waals surface area contributed by atoms with Crippen LogP contribution in [0.3, 0.4) is 0 Å². The van der Waals surface area contributed by atoms with Crippen LogP contribution in [-0.4, -0.2) is 11.0 Å². The second kappa shape index (κ2) is 4.02. The van der Waals surface area contributed by atoms with Crippen molar-refractivity contribution in [3.8, 4) is 0 Å². The SMILES string of the molecule is CC(C)(C)/C=C(\C(=O)[O-])c1csc(N)n1. The van der Waals surface area contributed by atoms with Crippen LogP contribution in [0.15, 0.2) is 11.5 Å². The van der Waals surface area contributed by atoms with Gasteiger partial charge in [-0.1, -0.05) is 26.8 Å². The third-order valence-corrected chi connectivity index (χ3v) is 2.27. The van der Waals surface area contributed by atoms with Gasteiger partial charge < -0.3 is 15.6 Å². The summed E-state index contributed by atoms with van der Waals surface area (Å²) in [4.78, 5) is 14.9. The molecular weight excluding hydrogens is 212 g/mol. The number of carbonyl (C=O) groups excluding carboxylic acids is 1. The third kappa shape index (κ3) is 3.36. The van der Waals surface area contributed by atoms with E-state index in [1.54, 1.807) is 11.5 Å². The van der Waals surface area contributed by atoms with Gasteiger partial charge in [-0.05, 0) is 5.41 Å². The summed E-state index contributed by atoms with van der Waals surface area (Å²) in [6.45, 7) is 5.73. The van der Waals surface area contributed by atoms with E-state index in [2.05, 4.69) is 4.98 Å². The molecule has 0 unspecified atom stereocenters. The number of nitrogens with two attached hydrogens (primary N) is 1. The van der Waals surface area contributed by atoms with Gasteiger partial charge in [-0.2, -0.15) is 0 Å². The number of carbonyl (C=O) groups is 1. The number of anilines is 1. The molecule has 0 aliphatic heterocycles. The Bertz CT molecular complexity index is 402. The van der Waals surface area contributed by atoms with Crippen LogP contribution in [0.25, 0.3) is 5.57 Å². The molecule has 15 heavy (non-hydrogen) atoms. The predicted octanol–water partition coefficient (Wildman–Crippen LogP) is 0.905. The highest BCUT2D eigenvalue weighted by atomic mass is 32.1. The monoisotopic (exact) mass is 225 g/mol. The third-order valence-electron chi connectivity index (χ3n) is 1.60. The van der Waals surface area contributed by atoms with E-state index in [4.69, 9.17) is 5.73 Å². The molecule has 0 aromatic carbocycles. The van der Waals surface area contributed by atoms with Crippen molar-refractivity contribution in [2.24, 2.45) is 5.41 Å². The van der Waals surface area contributed by atoms with Crippen LogP contribution in [-0.2, 0) is 4.79 Å². The quantitative estimate of drug-likeness (QED) is 0.758. The number of hydrogen-bond acceptors (Lipinski definition) is 5. The van der Waals surface area contributed by atoms with Crippen molar-refractivity contribution >= 4 is 28.0 Å². The zero-order valence-electron chi connectivity index (χ0n) is 8.90. The van der Waals surface area contributed by atoms with Gasteiger partial charge in [0.05, 0.1) is 11.7 Å². The highest BCUT2D eigenvalue weighted by molar-refractivity contribution is 7.13. The number of aliphatic carboxylic acids is 1. The number of hydrogen-bond donors (Lipinski definition) is 1. The minimum absolute atomic E-state index is 0.0930. The molecule has 0 fully saturated rings. The minimum atomic E-state index is -1.23. The van der Waals surface area contributed by atoms with E-state index in [0.29, 0.717) is 10.8 Å². The molecule has 4 nitrogen and oxygen atoms in total. The zero-order valence-corrected chi connectivity index (χ0v) is 9.72. The standard InChI is InChI=1S/C10H14N2O2S/c1-10(2,3)4-6(8(13)14)7-5-15-9(11)12-7/h4-5H,1-3H3,(H2,11,12)(H,13,14)/p-1/b6-4-. The van der Waals surface area contributed by atoms with E-state index in [1.165, 1.54) is 11.3 Å². The molecule has 0 bridgehead atoms. The normalized spacial score (nSPS) is 12.9. The Morgan fingerprint density at radius 1 is 1.60 bits per heavy atom.